The number of carbonyl (C=O) groups excluding carboxylic acids is 3. The molecule has 3 rings (SSSR count). The summed E-state index contributed by atoms with van der Waals surface area (Å²) in [6.07, 6.45) is 2.88. The number of nitrogens with one attached hydrogen (secondary N) is 1. The summed E-state index contributed by atoms with van der Waals surface area (Å²) in [6.45, 7) is 7.92. The highest BCUT2D eigenvalue weighted by Crippen LogP contribution is 2.33. The van der Waals surface area contributed by atoms with E-state index in [9.17, 15) is 14.4 Å². The molecule has 0 radical (unpaired) electrons. The quantitative estimate of drug-likeness (QED) is 0.752. The zero-order valence-corrected chi connectivity index (χ0v) is 19.3. The molecule has 2 aliphatic heterocycles. The molecule has 0 aromatic heterocycles. The summed E-state index contributed by atoms with van der Waals surface area (Å²) >= 11 is 0. The van der Waals surface area contributed by atoms with Gasteiger partial charge in [-0.15, -0.1) is 0 Å². The molecule has 170 valence electrons. The molecule has 1 aromatic rings. The monoisotopic (exact) mass is 428 g/mol. The maximum Gasteiger partial charge on any atom is 0.234 e. The Balaban J connectivity index is 1.57. The molecule has 0 aliphatic carbocycles. The van der Waals surface area contributed by atoms with Gasteiger partial charge < -0.3 is 15.1 Å². The summed E-state index contributed by atoms with van der Waals surface area (Å²) in [5.41, 5.74) is 2.33. The highest BCUT2D eigenvalue weighted by Gasteiger charge is 2.33. The summed E-state index contributed by atoms with van der Waals surface area (Å²) < 4.78 is 0. The van der Waals surface area contributed by atoms with E-state index < -0.39 is 0 Å². The van der Waals surface area contributed by atoms with Gasteiger partial charge in [0.05, 0.1) is 19.0 Å². The van der Waals surface area contributed by atoms with E-state index in [2.05, 4.69) is 16.3 Å². The molecule has 1 atom stereocenters. The summed E-state index contributed by atoms with van der Waals surface area (Å²) in [6, 6.07) is 8.40. The van der Waals surface area contributed by atoms with Crippen molar-refractivity contribution in [3.63, 3.8) is 0 Å². The second-order valence-corrected chi connectivity index (χ2v) is 9.13. The Morgan fingerprint density at radius 2 is 1.81 bits per heavy atom. The van der Waals surface area contributed by atoms with Crippen molar-refractivity contribution in [3.8, 4) is 0 Å². The second kappa shape index (κ2) is 10.3. The molecule has 1 N–H and O–H groups in total. The van der Waals surface area contributed by atoms with Crippen LogP contribution in [0.3, 0.4) is 0 Å². The van der Waals surface area contributed by atoms with Crippen molar-refractivity contribution in [1.82, 2.24) is 20.0 Å². The molecule has 0 bridgehead atoms. The number of carbonyl (C=O) groups is 3. The van der Waals surface area contributed by atoms with Crippen LogP contribution in [0.2, 0.25) is 0 Å². The third kappa shape index (κ3) is 5.85. The van der Waals surface area contributed by atoms with Crippen LogP contribution in [0.4, 0.5) is 0 Å². The first-order chi connectivity index (χ1) is 14.8. The maximum absolute atomic E-state index is 13.1. The van der Waals surface area contributed by atoms with Crippen LogP contribution in [0.15, 0.2) is 24.3 Å². The maximum atomic E-state index is 13.1. The number of likely N-dealkylation sites (tertiary alicyclic amines) is 1. The van der Waals surface area contributed by atoms with E-state index in [1.54, 1.807) is 6.92 Å². The predicted molar refractivity (Wildman–Crippen MR) is 120 cm³/mol. The van der Waals surface area contributed by atoms with E-state index in [0.29, 0.717) is 38.6 Å². The molecule has 7 heteroatoms. The van der Waals surface area contributed by atoms with Gasteiger partial charge in [-0.25, -0.2) is 0 Å². The van der Waals surface area contributed by atoms with E-state index in [1.165, 1.54) is 5.56 Å². The Hall–Kier alpha value is -2.41. The Bertz CT molecular complexity index is 802. The minimum atomic E-state index is -0.185. The Morgan fingerprint density at radius 3 is 2.45 bits per heavy atom. The SMILES string of the molecule is CC(=O)N1CCc2ccccc2[C@@H]1CC(=O)N1CCC(N(C)CC(=O)NC(C)C)CC1. The minimum absolute atomic E-state index is 0.0207. The first-order valence-corrected chi connectivity index (χ1v) is 11.4. The molecule has 31 heavy (non-hydrogen) atoms. The van der Waals surface area contributed by atoms with Crippen LogP contribution < -0.4 is 5.32 Å². The van der Waals surface area contributed by atoms with E-state index in [1.807, 2.05) is 48.9 Å². The zero-order valence-electron chi connectivity index (χ0n) is 19.3. The summed E-state index contributed by atoms with van der Waals surface area (Å²) in [5, 5.41) is 2.93. The van der Waals surface area contributed by atoms with Crippen molar-refractivity contribution in [2.75, 3.05) is 33.2 Å². The summed E-state index contributed by atoms with van der Waals surface area (Å²) in [5.74, 6) is 0.162. The third-order valence-electron chi connectivity index (χ3n) is 6.47. The van der Waals surface area contributed by atoms with Gasteiger partial charge in [-0.2, -0.15) is 0 Å². The van der Waals surface area contributed by atoms with Gasteiger partial charge in [-0.1, -0.05) is 24.3 Å². The molecule has 1 fully saturated rings. The minimum Gasteiger partial charge on any atom is -0.353 e. The summed E-state index contributed by atoms with van der Waals surface area (Å²) in [7, 11) is 1.98. The fraction of sp³-hybridized carbons (Fsp3) is 0.625. The molecule has 0 saturated carbocycles. The van der Waals surface area contributed by atoms with Crippen LogP contribution >= 0.6 is 0 Å². The highest BCUT2D eigenvalue weighted by atomic mass is 16.2. The van der Waals surface area contributed by atoms with Crippen LogP contribution in [0.25, 0.3) is 0 Å². The lowest BCUT2D eigenvalue weighted by molar-refractivity contribution is -0.138. The van der Waals surface area contributed by atoms with Crippen molar-refractivity contribution < 1.29 is 14.4 Å². The highest BCUT2D eigenvalue weighted by molar-refractivity contribution is 5.80. The number of nitrogens with zero attached hydrogens (tertiary/aromatic N) is 3. The molecule has 2 aliphatic rings. The average molecular weight is 429 g/mol. The van der Waals surface area contributed by atoms with E-state index in [0.717, 1.165) is 24.8 Å². The lowest BCUT2D eigenvalue weighted by atomic mass is 9.90. The van der Waals surface area contributed by atoms with Gasteiger partial charge in [0.1, 0.15) is 0 Å². The standard InChI is InChI=1S/C24H36N4O3/c1-17(2)25-23(30)16-26(4)20-10-12-27(13-11-20)24(31)15-22-21-8-6-5-7-19(21)9-14-28(22)18(3)29/h5-8,17,20,22H,9-16H2,1-4H3,(H,25,30)/t22-/m0/s1. The third-order valence-corrected chi connectivity index (χ3v) is 6.47. The largest absolute Gasteiger partial charge is 0.353 e. The van der Waals surface area contributed by atoms with E-state index >= 15 is 0 Å². The first-order valence-electron chi connectivity index (χ1n) is 11.4. The normalized spacial score (nSPS) is 19.5. The van der Waals surface area contributed by atoms with Gasteiger partial charge in [0.15, 0.2) is 0 Å². The van der Waals surface area contributed by atoms with Crippen molar-refractivity contribution in [1.29, 1.82) is 0 Å². The van der Waals surface area contributed by atoms with Crippen LogP contribution in [-0.4, -0.2) is 77.7 Å². The Kier molecular flexibility index (Phi) is 7.70. The molecule has 7 nitrogen and oxygen atoms in total. The molecule has 2 heterocycles. The van der Waals surface area contributed by atoms with Gasteiger partial charge in [0, 0.05) is 38.6 Å². The fourth-order valence-corrected chi connectivity index (χ4v) is 4.82. The Morgan fingerprint density at radius 1 is 1.13 bits per heavy atom. The molecule has 3 amide bonds. The van der Waals surface area contributed by atoms with Crippen molar-refractivity contribution >= 4 is 17.7 Å². The number of hydrogen-bond donors (Lipinski definition) is 1. The van der Waals surface area contributed by atoms with Crippen LogP contribution in [0.5, 0.6) is 0 Å². The fourth-order valence-electron chi connectivity index (χ4n) is 4.82. The lowest BCUT2D eigenvalue weighted by Crippen LogP contribution is -2.49. The molecule has 0 spiro atoms. The first kappa shape index (κ1) is 23.3. The molecular formula is C24H36N4O3. The zero-order chi connectivity index (χ0) is 22.5. The van der Waals surface area contributed by atoms with E-state index in [-0.39, 0.29) is 29.8 Å². The number of hydrogen-bond acceptors (Lipinski definition) is 4. The van der Waals surface area contributed by atoms with Crippen LogP contribution in [0, 0.1) is 0 Å². The lowest BCUT2D eigenvalue weighted by Gasteiger charge is -2.40. The number of fused-ring (bicyclic) bond motifs is 1. The van der Waals surface area contributed by atoms with Gasteiger partial charge >= 0.3 is 0 Å². The molecule has 0 unspecified atom stereocenters. The molecule has 1 aromatic carbocycles. The topological polar surface area (TPSA) is 73.0 Å². The number of benzene rings is 1. The number of rotatable bonds is 6. The molecule has 1 saturated heterocycles. The average Bonchev–Trinajstić information content (AvgIpc) is 2.73. The van der Waals surface area contributed by atoms with Gasteiger partial charge in [0.25, 0.3) is 0 Å². The number of likely N-dealkylation sites (N-methyl/N-ethyl adjacent to an activating group) is 1. The number of amides is 3. The number of piperidine rings is 1. The second-order valence-electron chi connectivity index (χ2n) is 9.13. The van der Waals surface area contributed by atoms with Crippen LogP contribution in [-0.2, 0) is 20.8 Å². The van der Waals surface area contributed by atoms with Crippen LogP contribution in [0.1, 0.15) is 57.2 Å². The van der Waals surface area contributed by atoms with Crippen molar-refractivity contribution in [3.05, 3.63) is 35.4 Å². The van der Waals surface area contributed by atoms with Crippen molar-refractivity contribution in [2.45, 2.75) is 64.6 Å². The Labute approximate surface area is 185 Å². The predicted octanol–water partition coefficient (Wildman–Crippen LogP) is 1.97. The smallest absolute Gasteiger partial charge is 0.234 e. The van der Waals surface area contributed by atoms with Crippen molar-refractivity contribution in [2.24, 2.45) is 0 Å². The van der Waals surface area contributed by atoms with Gasteiger partial charge in [-0.05, 0) is 51.3 Å². The van der Waals surface area contributed by atoms with Gasteiger partial charge in [-0.3, -0.25) is 19.3 Å². The van der Waals surface area contributed by atoms with Gasteiger partial charge in [0.2, 0.25) is 17.7 Å². The van der Waals surface area contributed by atoms with E-state index in [4.69, 9.17) is 0 Å². The molecular weight excluding hydrogens is 392 g/mol. The summed E-state index contributed by atoms with van der Waals surface area (Å²) in [4.78, 5) is 43.2.